The van der Waals surface area contributed by atoms with Crippen LogP contribution in [0.5, 0.6) is 0 Å². The Bertz CT molecular complexity index is 471. The van der Waals surface area contributed by atoms with Crippen molar-refractivity contribution in [3.8, 4) is 0 Å². The molecule has 0 spiro atoms. The molecule has 0 N–H and O–H groups in total. The first-order chi connectivity index (χ1) is 10.5. The summed E-state index contributed by atoms with van der Waals surface area (Å²) in [5.41, 5.74) is 2.50. The largest absolute Gasteiger partial charge is 0.342 e. The van der Waals surface area contributed by atoms with Gasteiger partial charge in [0.05, 0.1) is 5.92 Å². The molecule has 0 aromatic heterocycles. The van der Waals surface area contributed by atoms with Crippen LogP contribution in [-0.2, 0) is 11.2 Å². The van der Waals surface area contributed by atoms with Gasteiger partial charge in [0.1, 0.15) is 0 Å². The molecule has 22 heavy (non-hydrogen) atoms. The van der Waals surface area contributed by atoms with Gasteiger partial charge in [0.25, 0.3) is 0 Å². The van der Waals surface area contributed by atoms with Crippen LogP contribution in [0.3, 0.4) is 0 Å². The molecule has 1 amide bonds. The van der Waals surface area contributed by atoms with Crippen LogP contribution in [0.4, 0.5) is 0 Å². The van der Waals surface area contributed by atoms with E-state index in [2.05, 4.69) is 38.1 Å². The fourth-order valence-electron chi connectivity index (χ4n) is 3.51. The summed E-state index contributed by atoms with van der Waals surface area (Å²) in [6.07, 6.45) is 7.29. The Labute approximate surface area is 135 Å². The molecule has 122 valence electrons. The first-order valence-corrected chi connectivity index (χ1v) is 8.84. The third kappa shape index (κ3) is 4.34. The predicted octanol–water partition coefficient (Wildman–Crippen LogP) is 4.78. The van der Waals surface area contributed by atoms with Crippen LogP contribution < -0.4 is 0 Å². The van der Waals surface area contributed by atoms with E-state index in [0.717, 1.165) is 12.0 Å². The molecule has 0 bridgehead atoms. The third-order valence-corrected chi connectivity index (χ3v) is 4.96. The minimum absolute atomic E-state index is 0.0416. The molecule has 0 saturated heterocycles. The van der Waals surface area contributed by atoms with E-state index in [1.54, 1.807) is 0 Å². The van der Waals surface area contributed by atoms with Gasteiger partial charge in [0.2, 0.25) is 5.91 Å². The van der Waals surface area contributed by atoms with Crippen molar-refractivity contribution in [1.82, 2.24) is 4.90 Å². The lowest BCUT2D eigenvalue weighted by molar-refractivity contribution is -0.133. The molecular formula is C20H31NO. The lowest BCUT2D eigenvalue weighted by Gasteiger charge is -2.33. The minimum atomic E-state index is -0.0416. The normalized spacial score (nSPS) is 17.5. The van der Waals surface area contributed by atoms with Crippen molar-refractivity contribution < 1.29 is 4.79 Å². The van der Waals surface area contributed by atoms with E-state index in [9.17, 15) is 4.79 Å². The van der Waals surface area contributed by atoms with Crippen LogP contribution in [0.1, 0.15) is 69.9 Å². The average Bonchev–Trinajstić information content (AvgIpc) is 2.54. The van der Waals surface area contributed by atoms with E-state index < -0.39 is 0 Å². The van der Waals surface area contributed by atoms with Crippen LogP contribution in [0.25, 0.3) is 0 Å². The zero-order valence-electron chi connectivity index (χ0n) is 14.6. The highest BCUT2D eigenvalue weighted by Crippen LogP contribution is 2.25. The molecule has 1 aliphatic carbocycles. The van der Waals surface area contributed by atoms with Gasteiger partial charge in [-0.05, 0) is 43.2 Å². The van der Waals surface area contributed by atoms with Crippen molar-refractivity contribution in [1.29, 1.82) is 0 Å². The molecule has 1 aromatic carbocycles. The Hall–Kier alpha value is -1.31. The number of carbonyl (C=O) groups excluding carboxylic acids is 1. The topological polar surface area (TPSA) is 20.3 Å². The Morgan fingerprint density at radius 2 is 1.68 bits per heavy atom. The highest BCUT2D eigenvalue weighted by Gasteiger charge is 2.26. The molecular weight excluding hydrogens is 270 g/mol. The van der Waals surface area contributed by atoms with Crippen molar-refractivity contribution in [3.63, 3.8) is 0 Å². The summed E-state index contributed by atoms with van der Waals surface area (Å²) in [7, 11) is 1.99. The average molecular weight is 301 g/mol. The summed E-state index contributed by atoms with van der Waals surface area (Å²) >= 11 is 0. The number of carbonyl (C=O) groups is 1. The van der Waals surface area contributed by atoms with Gasteiger partial charge in [-0.2, -0.15) is 0 Å². The lowest BCUT2D eigenvalue weighted by Crippen LogP contribution is -2.40. The van der Waals surface area contributed by atoms with E-state index in [1.807, 2.05) is 18.9 Å². The number of rotatable bonds is 5. The van der Waals surface area contributed by atoms with Crippen molar-refractivity contribution in [3.05, 3.63) is 35.4 Å². The Balaban J connectivity index is 1.99. The second kappa shape index (κ2) is 7.80. The summed E-state index contributed by atoms with van der Waals surface area (Å²) in [6, 6.07) is 9.08. The van der Waals surface area contributed by atoms with Crippen molar-refractivity contribution in [2.45, 2.75) is 71.3 Å². The molecule has 2 heteroatoms. The quantitative estimate of drug-likeness (QED) is 0.766. The monoisotopic (exact) mass is 301 g/mol. The number of hydrogen-bond donors (Lipinski definition) is 0. The van der Waals surface area contributed by atoms with Crippen LogP contribution in [0, 0.1) is 5.92 Å². The first kappa shape index (κ1) is 17.1. The van der Waals surface area contributed by atoms with Crippen molar-refractivity contribution in [2.75, 3.05) is 7.05 Å². The van der Waals surface area contributed by atoms with Crippen LogP contribution in [-0.4, -0.2) is 23.9 Å². The van der Waals surface area contributed by atoms with E-state index in [1.165, 1.54) is 37.7 Å². The molecule has 2 rings (SSSR count). The molecule has 0 aliphatic heterocycles. The van der Waals surface area contributed by atoms with Gasteiger partial charge in [-0.25, -0.2) is 0 Å². The van der Waals surface area contributed by atoms with Gasteiger partial charge in [0.15, 0.2) is 0 Å². The zero-order valence-corrected chi connectivity index (χ0v) is 14.6. The smallest absolute Gasteiger partial charge is 0.229 e. The molecule has 1 atom stereocenters. The highest BCUT2D eigenvalue weighted by molar-refractivity contribution is 5.83. The molecule has 0 radical (unpaired) electrons. The molecule has 1 fully saturated rings. The SMILES string of the molecule is CC(C)Cc1ccc(C(C)C(=O)N(C)C2CCCCC2)cc1. The fraction of sp³-hybridized carbons (Fsp3) is 0.650. The minimum Gasteiger partial charge on any atom is -0.342 e. The molecule has 1 aliphatic rings. The molecule has 1 aromatic rings. The second-order valence-corrected chi connectivity index (χ2v) is 7.30. The van der Waals surface area contributed by atoms with E-state index in [0.29, 0.717) is 12.0 Å². The fourth-order valence-corrected chi connectivity index (χ4v) is 3.51. The molecule has 2 nitrogen and oxygen atoms in total. The summed E-state index contributed by atoms with van der Waals surface area (Å²) < 4.78 is 0. The highest BCUT2D eigenvalue weighted by atomic mass is 16.2. The van der Waals surface area contributed by atoms with Crippen molar-refractivity contribution in [2.24, 2.45) is 5.92 Å². The second-order valence-electron chi connectivity index (χ2n) is 7.30. The van der Waals surface area contributed by atoms with Crippen LogP contribution >= 0.6 is 0 Å². The van der Waals surface area contributed by atoms with Gasteiger partial charge in [-0.1, -0.05) is 57.4 Å². The van der Waals surface area contributed by atoms with Gasteiger partial charge < -0.3 is 4.90 Å². The summed E-state index contributed by atoms with van der Waals surface area (Å²) in [6.45, 7) is 6.51. The number of hydrogen-bond acceptors (Lipinski definition) is 1. The van der Waals surface area contributed by atoms with E-state index >= 15 is 0 Å². The summed E-state index contributed by atoms with van der Waals surface area (Å²) in [5, 5.41) is 0. The maximum Gasteiger partial charge on any atom is 0.229 e. The maximum absolute atomic E-state index is 12.7. The predicted molar refractivity (Wildman–Crippen MR) is 93.0 cm³/mol. The van der Waals surface area contributed by atoms with Crippen LogP contribution in [0.15, 0.2) is 24.3 Å². The van der Waals surface area contributed by atoms with Gasteiger partial charge in [-0.15, -0.1) is 0 Å². The molecule has 1 saturated carbocycles. The van der Waals surface area contributed by atoms with E-state index in [-0.39, 0.29) is 11.8 Å². The summed E-state index contributed by atoms with van der Waals surface area (Å²) in [4.78, 5) is 14.7. The number of likely N-dealkylation sites (N-methyl/N-ethyl adjacent to an activating group) is 1. The lowest BCUT2D eigenvalue weighted by atomic mass is 9.92. The van der Waals surface area contributed by atoms with E-state index in [4.69, 9.17) is 0 Å². The molecule has 1 unspecified atom stereocenters. The van der Waals surface area contributed by atoms with Crippen molar-refractivity contribution >= 4 is 5.91 Å². The Morgan fingerprint density at radius 3 is 2.23 bits per heavy atom. The Morgan fingerprint density at radius 1 is 1.09 bits per heavy atom. The zero-order chi connectivity index (χ0) is 16.1. The maximum atomic E-state index is 12.7. The van der Waals surface area contributed by atoms with Gasteiger partial charge in [0, 0.05) is 13.1 Å². The first-order valence-electron chi connectivity index (χ1n) is 8.84. The number of benzene rings is 1. The van der Waals surface area contributed by atoms with Gasteiger partial charge >= 0.3 is 0 Å². The summed E-state index contributed by atoms with van der Waals surface area (Å²) in [5.74, 6) is 0.894. The molecule has 0 heterocycles. The van der Waals surface area contributed by atoms with Crippen LogP contribution in [0.2, 0.25) is 0 Å². The Kier molecular flexibility index (Phi) is 6.05. The van der Waals surface area contributed by atoms with Gasteiger partial charge in [-0.3, -0.25) is 4.79 Å². The number of amides is 1. The number of nitrogens with zero attached hydrogens (tertiary/aromatic N) is 1. The third-order valence-electron chi connectivity index (χ3n) is 4.96. The standard InChI is InChI=1S/C20H31NO/c1-15(2)14-17-10-12-18(13-11-17)16(3)20(22)21(4)19-8-6-5-7-9-19/h10-13,15-16,19H,5-9,14H2,1-4H3.